The van der Waals surface area contributed by atoms with Gasteiger partial charge in [0.05, 0.1) is 11.9 Å². The molecular formula is C22H27ClIN3O4S. The van der Waals surface area contributed by atoms with Gasteiger partial charge in [-0.3, -0.25) is 13.9 Å². The Morgan fingerprint density at radius 1 is 1.06 bits per heavy atom. The molecule has 174 valence electrons. The Kier molecular flexibility index (Phi) is 9.78. The monoisotopic (exact) mass is 591 g/mol. The highest BCUT2D eigenvalue weighted by molar-refractivity contribution is 14.1. The molecule has 0 saturated heterocycles. The van der Waals surface area contributed by atoms with Crippen molar-refractivity contribution < 1.29 is 18.0 Å². The Morgan fingerprint density at radius 2 is 1.66 bits per heavy atom. The summed E-state index contributed by atoms with van der Waals surface area (Å²) in [6.07, 6.45) is 1.44. The van der Waals surface area contributed by atoms with Crippen LogP contribution in [0.2, 0.25) is 5.02 Å². The molecule has 0 radical (unpaired) electrons. The van der Waals surface area contributed by atoms with Crippen molar-refractivity contribution in [2.75, 3.05) is 23.7 Å². The van der Waals surface area contributed by atoms with E-state index in [9.17, 15) is 18.0 Å². The van der Waals surface area contributed by atoms with Gasteiger partial charge in [0.1, 0.15) is 12.6 Å². The van der Waals surface area contributed by atoms with E-state index in [1.54, 1.807) is 55.5 Å². The molecule has 0 aromatic heterocycles. The van der Waals surface area contributed by atoms with Gasteiger partial charge in [-0.05, 0) is 77.9 Å². The molecule has 0 unspecified atom stereocenters. The zero-order valence-corrected chi connectivity index (χ0v) is 21.9. The van der Waals surface area contributed by atoms with Crippen LogP contribution in [-0.4, -0.2) is 50.5 Å². The minimum atomic E-state index is -3.74. The van der Waals surface area contributed by atoms with Gasteiger partial charge in [0.2, 0.25) is 21.8 Å². The first-order valence-corrected chi connectivity index (χ1v) is 13.4. The number of halogens is 2. The molecule has 0 bridgehead atoms. The van der Waals surface area contributed by atoms with Crippen molar-refractivity contribution >= 4 is 61.7 Å². The van der Waals surface area contributed by atoms with Gasteiger partial charge >= 0.3 is 0 Å². The first kappa shape index (κ1) is 26.4. The third-order valence-corrected chi connectivity index (χ3v) is 6.91. The van der Waals surface area contributed by atoms with Gasteiger partial charge in [-0.2, -0.15) is 0 Å². The first-order chi connectivity index (χ1) is 15.1. The quantitative estimate of drug-likeness (QED) is 0.428. The van der Waals surface area contributed by atoms with Gasteiger partial charge in [0, 0.05) is 21.7 Å². The van der Waals surface area contributed by atoms with Crippen molar-refractivity contribution in [2.45, 2.75) is 32.9 Å². The number of anilines is 1. The number of benzene rings is 2. The second-order valence-corrected chi connectivity index (χ2v) is 10.8. The number of nitrogens with one attached hydrogen (secondary N) is 1. The molecule has 2 aromatic carbocycles. The van der Waals surface area contributed by atoms with Crippen LogP contribution in [0.3, 0.4) is 0 Å². The largest absolute Gasteiger partial charge is 0.355 e. The van der Waals surface area contributed by atoms with Crippen LogP contribution in [0, 0.1) is 3.57 Å². The third kappa shape index (κ3) is 7.35. The first-order valence-electron chi connectivity index (χ1n) is 10.1. The summed E-state index contributed by atoms with van der Waals surface area (Å²) in [5.74, 6) is -0.750. The number of hydrogen-bond acceptors (Lipinski definition) is 4. The maximum atomic E-state index is 13.4. The van der Waals surface area contributed by atoms with Gasteiger partial charge in [-0.1, -0.05) is 30.7 Å². The summed E-state index contributed by atoms with van der Waals surface area (Å²) in [5, 5.41) is 3.32. The minimum Gasteiger partial charge on any atom is -0.355 e. The number of sulfonamides is 1. The fraction of sp³-hybridized carbons (Fsp3) is 0.364. The lowest BCUT2D eigenvalue weighted by atomic mass is 10.1. The van der Waals surface area contributed by atoms with Gasteiger partial charge in [-0.25, -0.2) is 8.42 Å². The summed E-state index contributed by atoms with van der Waals surface area (Å²) in [4.78, 5) is 27.6. The number of nitrogens with zero attached hydrogens (tertiary/aromatic N) is 2. The normalized spacial score (nSPS) is 12.2. The highest BCUT2D eigenvalue weighted by atomic mass is 127. The maximum Gasteiger partial charge on any atom is 0.244 e. The van der Waals surface area contributed by atoms with Gasteiger partial charge in [0.15, 0.2) is 0 Å². The summed E-state index contributed by atoms with van der Waals surface area (Å²) in [5.41, 5.74) is 1.17. The summed E-state index contributed by atoms with van der Waals surface area (Å²) in [6.45, 7) is 3.78. The highest BCUT2D eigenvalue weighted by Gasteiger charge is 2.31. The summed E-state index contributed by atoms with van der Waals surface area (Å²) in [7, 11) is -3.74. The molecule has 0 aliphatic rings. The number of carbonyl (C=O) groups excluding carboxylic acids is 2. The second kappa shape index (κ2) is 11.9. The van der Waals surface area contributed by atoms with Gasteiger partial charge in [-0.15, -0.1) is 0 Å². The van der Waals surface area contributed by atoms with Gasteiger partial charge in [0.25, 0.3) is 0 Å². The van der Waals surface area contributed by atoms with Crippen molar-refractivity contribution in [2.24, 2.45) is 0 Å². The van der Waals surface area contributed by atoms with Gasteiger partial charge < -0.3 is 10.2 Å². The minimum absolute atomic E-state index is 0.149. The number of carbonyl (C=O) groups is 2. The Hall–Kier alpha value is -1.85. The molecule has 2 amide bonds. The van der Waals surface area contributed by atoms with Crippen LogP contribution in [-0.2, 0) is 26.2 Å². The summed E-state index contributed by atoms with van der Waals surface area (Å²) < 4.78 is 27.0. The summed E-state index contributed by atoms with van der Waals surface area (Å²) in [6, 6.07) is 13.1. The predicted molar refractivity (Wildman–Crippen MR) is 136 cm³/mol. The molecule has 0 heterocycles. The number of rotatable bonds is 10. The SMILES string of the molecule is CCNC(=O)[C@@H](CC)N(Cc1ccc(Cl)cc1)C(=O)CN(c1ccc(I)cc1)S(C)(=O)=O. The van der Waals surface area contributed by atoms with E-state index in [0.29, 0.717) is 23.7 Å². The fourth-order valence-electron chi connectivity index (χ4n) is 3.22. The maximum absolute atomic E-state index is 13.4. The lowest BCUT2D eigenvalue weighted by Gasteiger charge is -2.32. The molecule has 2 aromatic rings. The average molecular weight is 592 g/mol. The standard InChI is InChI=1S/C22H27ClIN3O4S/c1-4-20(22(29)25-5-2)26(14-16-6-8-17(23)9-7-16)21(28)15-27(32(3,30)31)19-12-10-18(24)11-13-19/h6-13,20H,4-5,14-15H2,1-3H3,(H,25,29)/t20-/m1/s1. The Morgan fingerprint density at radius 3 is 2.16 bits per heavy atom. The van der Waals surface area contributed by atoms with Crippen molar-refractivity contribution in [3.63, 3.8) is 0 Å². The van der Waals surface area contributed by atoms with Crippen LogP contribution in [0.15, 0.2) is 48.5 Å². The molecular weight excluding hydrogens is 565 g/mol. The molecule has 7 nitrogen and oxygen atoms in total. The molecule has 0 aliphatic carbocycles. The molecule has 0 spiro atoms. The molecule has 10 heteroatoms. The zero-order valence-electron chi connectivity index (χ0n) is 18.2. The van der Waals surface area contributed by atoms with Crippen LogP contribution >= 0.6 is 34.2 Å². The predicted octanol–water partition coefficient (Wildman–Crippen LogP) is 3.65. The lowest BCUT2D eigenvalue weighted by molar-refractivity contribution is -0.140. The van der Waals surface area contributed by atoms with E-state index < -0.39 is 28.5 Å². The molecule has 0 fully saturated rings. The second-order valence-electron chi connectivity index (χ2n) is 7.21. The number of likely N-dealkylation sites (N-methyl/N-ethyl adjacent to an activating group) is 1. The Labute approximate surface area is 208 Å². The summed E-state index contributed by atoms with van der Waals surface area (Å²) >= 11 is 8.09. The molecule has 1 atom stereocenters. The smallest absolute Gasteiger partial charge is 0.244 e. The molecule has 32 heavy (non-hydrogen) atoms. The van der Waals surface area contributed by atoms with E-state index >= 15 is 0 Å². The van der Waals surface area contributed by atoms with Crippen molar-refractivity contribution in [3.8, 4) is 0 Å². The highest BCUT2D eigenvalue weighted by Crippen LogP contribution is 2.21. The zero-order chi connectivity index (χ0) is 23.9. The van der Waals surface area contributed by atoms with E-state index in [0.717, 1.165) is 19.7 Å². The van der Waals surface area contributed by atoms with E-state index in [1.807, 2.05) is 6.92 Å². The molecule has 0 saturated carbocycles. The van der Waals surface area contributed by atoms with E-state index in [1.165, 1.54) is 4.90 Å². The topological polar surface area (TPSA) is 86.8 Å². The van der Waals surface area contributed by atoms with Crippen LogP contribution in [0.1, 0.15) is 25.8 Å². The van der Waals surface area contributed by atoms with Crippen LogP contribution < -0.4 is 9.62 Å². The molecule has 0 aliphatic heterocycles. The van der Waals surface area contributed by atoms with E-state index in [2.05, 4.69) is 27.9 Å². The molecule has 1 N–H and O–H groups in total. The van der Waals surface area contributed by atoms with E-state index in [4.69, 9.17) is 11.6 Å². The van der Waals surface area contributed by atoms with Crippen LogP contribution in [0.25, 0.3) is 0 Å². The number of amides is 2. The van der Waals surface area contributed by atoms with Crippen molar-refractivity contribution in [1.29, 1.82) is 0 Å². The lowest BCUT2D eigenvalue weighted by Crippen LogP contribution is -2.52. The third-order valence-electron chi connectivity index (χ3n) is 4.80. The number of hydrogen-bond donors (Lipinski definition) is 1. The van der Waals surface area contributed by atoms with Crippen LogP contribution in [0.4, 0.5) is 5.69 Å². The van der Waals surface area contributed by atoms with Crippen molar-refractivity contribution in [3.05, 3.63) is 62.7 Å². The molecule has 2 rings (SSSR count). The fourth-order valence-corrected chi connectivity index (χ4v) is 4.55. The Balaban J connectivity index is 2.40. The van der Waals surface area contributed by atoms with Crippen LogP contribution in [0.5, 0.6) is 0 Å². The van der Waals surface area contributed by atoms with Crippen molar-refractivity contribution in [1.82, 2.24) is 10.2 Å². The Bertz CT molecular complexity index is 1030. The van der Waals surface area contributed by atoms with E-state index in [-0.39, 0.29) is 12.5 Å². The average Bonchev–Trinajstić information content (AvgIpc) is 2.73.